The van der Waals surface area contributed by atoms with Crippen molar-refractivity contribution in [3.63, 3.8) is 0 Å². The third-order valence-electron chi connectivity index (χ3n) is 3.18. The molecule has 1 aromatic heterocycles. The zero-order valence-electron chi connectivity index (χ0n) is 11.1. The van der Waals surface area contributed by atoms with E-state index in [1.54, 1.807) is 11.3 Å². The molecule has 1 unspecified atom stereocenters. The maximum Gasteiger partial charge on any atom is 0.185 e. The van der Waals surface area contributed by atoms with Crippen LogP contribution in [0.4, 0.5) is 10.8 Å². The highest BCUT2D eigenvalue weighted by molar-refractivity contribution is 7.13. The van der Waals surface area contributed by atoms with Crippen LogP contribution in [0.5, 0.6) is 0 Å². The minimum absolute atomic E-state index is 0.268. The van der Waals surface area contributed by atoms with Crippen molar-refractivity contribution in [1.82, 2.24) is 4.98 Å². The van der Waals surface area contributed by atoms with Gasteiger partial charge in [-0.3, -0.25) is 0 Å². The molecule has 0 fully saturated rings. The molecule has 2 aromatic rings. The standard InChI is InChI=1S/C14H19N3S/c1-4-13-9-18-14(16-13)17(3)10(2)11-6-5-7-12(15)8-11/h5-10H,4,15H2,1-3H3. The number of thiazole rings is 1. The first kappa shape index (κ1) is 12.9. The summed E-state index contributed by atoms with van der Waals surface area (Å²) in [4.78, 5) is 6.80. The summed E-state index contributed by atoms with van der Waals surface area (Å²) in [6, 6.07) is 8.30. The molecule has 0 bridgehead atoms. The van der Waals surface area contributed by atoms with E-state index in [1.165, 1.54) is 5.56 Å². The van der Waals surface area contributed by atoms with Gasteiger partial charge in [-0.25, -0.2) is 4.98 Å². The quantitative estimate of drug-likeness (QED) is 0.857. The van der Waals surface area contributed by atoms with Crippen molar-refractivity contribution < 1.29 is 0 Å². The molecule has 3 nitrogen and oxygen atoms in total. The van der Waals surface area contributed by atoms with Crippen LogP contribution in [0.2, 0.25) is 0 Å². The zero-order valence-corrected chi connectivity index (χ0v) is 11.9. The van der Waals surface area contributed by atoms with Crippen molar-refractivity contribution in [2.24, 2.45) is 0 Å². The number of nitrogens with two attached hydrogens (primary N) is 1. The Bertz CT molecular complexity index is 521. The Morgan fingerprint density at radius 1 is 1.44 bits per heavy atom. The Morgan fingerprint density at radius 3 is 2.83 bits per heavy atom. The highest BCUT2D eigenvalue weighted by Gasteiger charge is 2.15. The summed E-state index contributed by atoms with van der Waals surface area (Å²) in [5.74, 6) is 0. The van der Waals surface area contributed by atoms with E-state index in [9.17, 15) is 0 Å². The van der Waals surface area contributed by atoms with Crippen LogP contribution >= 0.6 is 11.3 Å². The molecule has 2 N–H and O–H groups in total. The van der Waals surface area contributed by atoms with E-state index in [4.69, 9.17) is 5.73 Å². The number of hydrogen-bond donors (Lipinski definition) is 1. The highest BCUT2D eigenvalue weighted by Crippen LogP contribution is 2.28. The third-order valence-corrected chi connectivity index (χ3v) is 4.16. The summed E-state index contributed by atoms with van der Waals surface area (Å²) in [6.45, 7) is 4.29. The van der Waals surface area contributed by atoms with E-state index in [0.717, 1.165) is 22.9 Å². The SMILES string of the molecule is CCc1csc(N(C)C(C)c2cccc(N)c2)n1. The minimum Gasteiger partial charge on any atom is -0.399 e. The number of benzene rings is 1. The maximum atomic E-state index is 5.83. The summed E-state index contributed by atoms with van der Waals surface area (Å²) >= 11 is 1.69. The molecule has 0 saturated heterocycles. The summed E-state index contributed by atoms with van der Waals surface area (Å²) in [6.07, 6.45) is 0.983. The molecule has 0 amide bonds. The molecule has 0 aliphatic heterocycles. The normalized spacial score (nSPS) is 12.4. The molecule has 1 atom stereocenters. The Hall–Kier alpha value is -1.55. The van der Waals surface area contributed by atoms with Gasteiger partial charge >= 0.3 is 0 Å². The van der Waals surface area contributed by atoms with Crippen LogP contribution in [0.25, 0.3) is 0 Å². The molecule has 4 heteroatoms. The van der Waals surface area contributed by atoms with Gasteiger partial charge in [0.1, 0.15) is 0 Å². The third kappa shape index (κ3) is 2.64. The Morgan fingerprint density at radius 2 is 2.22 bits per heavy atom. The first-order valence-electron chi connectivity index (χ1n) is 6.14. The van der Waals surface area contributed by atoms with E-state index in [2.05, 4.69) is 42.2 Å². The lowest BCUT2D eigenvalue weighted by molar-refractivity contribution is 0.735. The molecule has 2 rings (SSSR count). The van der Waals surface area contributed by atoms with Crippen LogP contribution in [0, 0.1) is 0 Å². The van der Waals surface area contributed by atoms with Crippen molar-refractivity contribution in [3.05, 3.63) is 40.9 Å². The lowest BCUT2D eigenvalue weighted by atomic mass is 10.1. The molecule has 1 heterocycles. The van der Waals surface area contributed by atoms with E-state index in [1.807, 2.05) is 18.2 Å². The summed E-state index contributed by atoms with van der Waals surface area (Å²) in [7, 11) is 2.08. The van der Waals surface area contributed by atoms with Gasteiger partial charge in [-0.15, -0.1) is 11.3 Å². The van der Waals surface area contributed by atoms with Crippen LogP contribution < -0.4 is 10.6 Å². The lowest BCUT2D eigenvalue weighted by Gasteiger charge is -2.24. The molecule has 0 spiro atoms. The second kappa shape index (κ2) is 5.40. The monoisotopic (exact) mass is 261 g/mol. The largest absolute Gasteiger partial charge is 0.399 e. The molecular weight excluding hydrogens is 242 g/mol. The van der Waals surface area contributed by atoms with E-state index in [0.29, 0.717) is 0 Å². The second-order valence-electron chi connectivity index (χ2n) is 4.43. The molecule has 0 radical (unpaired) electrons. The molecule has 1 aromatic carbocycles. The minimum atomic E-state index is 0.268. The van der Waals surface area contributed by atoms with Gasteiger partial charge in [0.15, 0.2) is 5.13 Å². The van der Waals surface area contributed by atoms with Crippen molar-refractivity contribution >= 4 is 22.2 Å². The predicted molar refractivity (Wildman–Crippen MR) is 79.2 cm³/mol. The number of nitrogen functional groups attached to an aromatic ring is 1. The Kier molecular flexibility index (Phi) is 3.87. The molecule has 0 saturated carbocycles. The van der Waals surface area contributed by atoms with Gasteiger partial charge in [-0.1, -0.05) is 19.1 Å². The van der Waals surface area contributed by atoms with Crippen LogP contribution in [0.3, 0.4) is 0 Å². The number of anilines is 2. The van der Waals surface area contributed by atoms with Gasteiger partial charge in [0, 0.05) is 18.1 Å². The Balaban J connectivity index is 2.20. The lowest BCUT2D eigenvalue weighted by Crippen LogP contribution is -2.21. The molecule has 0 aliphatic carbocycles. The van der Waals surface area contributed by atoms with E-state index >= 15 is 0 Å². The summed E-state index contributed by atoms with van der Waals surface area (Å²) < 4.78 is 0. The topological polar surface area (TPSA) is 42.1 Å². The molecule has 0 aliphatic rings. The number of aryl methyl sites for hydroxylation is 1. The maximum absolute atomic E-state index is 5.83. The summed E-state index contributed by atoms with van der Waals surface area (Å²) in [5.41, 5.74) is 9.00. The van der Waals surface area contributed by atoms with E-state index < -0.39 is 0 Å². The van der Waals surface area contributed by atoms with Crippen molar-refractivity contribution in [3.8, 4) is 0 Å². The number of rotatable bonds is 4. The van der Waals surface area contributed by atoms with Gasteiger partial charge in [0.05, 0.1) is 11.7 Å². The number of hydrogen-bond acceptors (Lipinski definition) is 4. The first-order valence-corrected chi connectivity index (χ1v) is 7.02. The second-order valence-corrected chi connectivity index (χ2v) is 5.27. The van der Waals surface area contributed by atoms with Crippen LogP contribution in [0.15, 0.2) is 29.6 Å². The highest BCUT2D eigenvalue weighted by atomic mass is 32.1. The molecular formula is C14H19N3S. The Labute approximate surface area is 112 Å². The fourth-order valence-corrected chi connectivity index (χ4v) is 2.78. The average molecular weight is 261 g/mol. The van der Waals surface area contributed by atoms with Gasteiger partial charge < -0.3 is 10.6 Å². The van der Waals surface area contributed by atoms with Gasteiger partial charge in [-0.2, -0.15) is 0 Å². The number of nitrogens with zero attached hydrogens (tertiary/aromatic N) is 2. The van der Waals surface area contributed by atoms with Crippen LogP contribution in [0.1, 0.15) is 31.1 Å². The average Bonchev–Trinajstić information content (AvgIpc) is 2.85. The summed E-state index contributed by atoms with van der Waals surface area (Å²) in [5, 5.41) is 3.18. The molecule has 96 valence electrons. The van der Waals surface area contributed by atoms with Crippen molar-refractivity contribution in [2.45, 2.75) is 26.3 Å². The predicted octanol–water partition coefficient (Wildman–Crippen LogP) is 3.49. The fourth-order valence-electron chi connectivity index (χ4n) is 1.83. The first-order chi connectivity index (χ1) is 8.61. The van der Waals surface area contributed by atoms with Gasteiger partial charge in [0.25, 0.3) is 0 Å². The van der Waals surface area contributed by atoms with E-state index in [-0.39, 0.29) is 6.04 Å². The van der Waals surface area contributed by atoms with Gasteiger partial charge in [0.2, 0.25) is 0 Å². The van der Waals surface area contributed by atoms with Crippen molar-refractivity contribution in [1.29, 1.82) is 0 Å². The smallest absolute Gasteiger partial charge is 0.185 e. The van der Waals surface area contributed by atoms with Crippen molar-refractivity contribution in [2.75, 3.05) is 17.7 Å². The van der Waals surface area contributed by atoms with Crippen LogP contribution in [-0.2, 0) is 6.42 Å². The zero-order chi connectivity index (χ0) is 13.1. The van der Waals surface area contributed by atoms with Gasteiger partial charge in [-0.05, 0) is 31.0 Å². The number of aromatic nitrogens is 1. The molecule has 18 heavy (non-hydrogen) atoms. The fraction of sp³-hybridized carbons (Fsp3) is 0.357. The van der Waals surface area contributed by atoms with Crippen LogP contribution in [-0.4, -0.2) is 12.0 Å².